The van der Waals surface area contributed by atoms with Crippen molar-refractivity contribution in [3.05, 3.63) is 34.6 Å². The fourth-order valence-corrected chi connectivity index (χ4v) is 3.03. The van der Waals surface area contributed by atoms with Crippen LogP contribution in [-0.2, 0) is 12.8 Å². The van der Waals surface area contributed by atoms with Crippen molar-refractivity contribution in [2.24, 2.45) is 0 Å². The molecule has 110 valence electrons. The molecule has 1 aliphatic carbocycles. The van der Waals surface area contributed by atoms with Crippen LogP contribution in [0.5, 0.6) is 0 Å². The molecule has 0 atom stereocenters. The van der Waals surface area contributed by atoms with Crippen molar-refractivity contribution in [3.8, 4) is 11.5 Å². The normalized spacial score (nSPS) is 14.4. The summed E-state index contributed by atoms with van der Waals surface area (Å²) in [6, 6.07) is 2.14. The molecule has 2 heterocycles. The molecule has 0 saturated heterocycles. The molecule has 1 N–H and O–H groups in total. The molecular weight excluding hydrogens is 260 g/mol. The van der Waals surface area contributed by atoms with Crippen molar-refractivity contribution in [2.45, 2.75) is 46.0 Å². The maximum absolute atomic E-state index is 4.83. The molecule has 0 aliphatic heterocycles. The lowest BCUT2D eigenvalue weighted by atomic mass is 10.1. The summed E-state index contributed by atoms with van der Waals surface area (Å²) in [5, 5.41) is 3.24. The van der Waals surface area contributed by atoms with Crippen molar-refractivity contribution >= 4 is 5.82 Å². The van der Waals surface area contributed by atoms with E-state index in [-0.39, 0.29) is 0 Å². The molecule has 0 fully saturated rings. The Morgan fingerprint density at radius 2 is 1.86 bits per heavy atom. The third-order valence-corrected chi connectivity index (χ3v) is 4.10. The van der Waals surface area contributed by atoms with Crippen molar-refractivity contribution < 1.29 is 0 Å². The van der Waals surface area contributed by atoms with E-state index in [0.717, 1.165) is 35.7 Å². The quantitative estimate of drug-likeness (QED) is 0.857. The Bertz CT molecular complexity index is 664. The van der Waals surface area contributed by atoms with Gasteiger partial charge in [-0.2, -0.15) is 0 Å². The van der Waals surface area contributed by atoms with E-state index in [4.69, 9.17) is 9.97 Å². The van der Waals surface area contributed by atoms with Crippen LogP contribution < -0.4 is 5.32 Å². The van der Waals surface area contributed by atoms with Gasteiger partial charge in [0.2, 0.25) is 0 Å². The summed E-state index contributed by atoms with van der Waals surface area (Å²) in [5.41, 5.74) is 5.68. The first kappa shape index (κ1) is 14.0. The summed E-state index contributed by atoms with van der Waals surface area (Å²) in [4.78, 5) is 14.1. The molecule has 0 saturated carbocycles. The summed E-state index contributed by atoms with van der Waals surface area (Å²) in [5.74, 6) is 1.72. The van der Waals surface area contributed by atoms with Gasteiger partial charge in [0.25, 0.3) is 0 Å². The number of hydrogen-bond donors (Lipinski definition) is 1. The fraction of sp³-hybridized carbons (Fsp3) is 0.471. The van der Waals surface area contributed by atoms with Gasteiger partial charge in [0, 0.05) is 24.5 Å². The van der Waals surface area contributed by atoms with Crippen LogP contribution in [-0.4, -0.2) is 22.0 Å². The first-order valence-corrected chi connectivity index (χ1v) is 7.70. The zero-order valence-electron chi connectivity index (χ0n) is 13.0. The molecule has 0 bridgehead atoms. The standard InChI is InChI=1S/C17H22N4/c1-11-9-12(2)15(19-10-11)17-20-14-8-6-4-5-7-13(14)16(18-3)21-17/h9-10H,4-8H2,1-3H3,(H,18,20,21). The topological polar surface area (TPSA) is 50.7 Å². The second-order valence-corrected chi connectivity index (χ2v) is 5.81. The van der Waals surface area contributed by atoms with Gasteiger partial charge in [-0.15, -0.1) is 0 Å². The largest absolute Gasteiger partial charge is 0.373 e. The Kier molecular flexibility index (Phi) is 3.86. The lowest BCUT2D eigenvalue weighted by molar-refractivity contribution is 0.709. The minimum absolute atomic E-state index is 0.748. The van der Waals surface area contributed by atoms with Crippen LogP contribution in [0.2, 0.25) is 0 Å². The molecule has 21 heavy (non-hydrogen) atoms. The maximum Gasteiger partial charge on any atom is 0.180 e. The van der Waals surface area contributed by atoms with E-state index in [9.17, 15) is 0 Å². The van der Waals surface area contributed by atoms with Gasteiger partial charge < -0.3 is 5.32 Å². The van der Waals surface area contributed by atoms with Gasteiger partial charge in [0.1, 0.15) is 11.5 Å². The number of hydrogen-bond acceptors (Lipinski definition) is 4. The highest BCUT2D eigenvalue weighted by Crippen LogP contribution is 2.28. The van der Waals surface area contributed by atoms with Crippen LogP contribution in [0.1, 0.15) is 41.6 Å². The van der Waals surface area contributed by atoms with Crippen LogP contribution in [0, 0.1) is 13.8 Å². The summed E-state index contributed by atoms with van der Waals surface area (Å²) in [6.07, 6.45) is 7.72. The number of anilines is 1. The minimum atomic E-state index is 0.748. The van der Waals surface area contributed by atoms with Crippen LogP contribution in [0.15, 0.2) is 12.3 Å². The molecule has 2 aromatic rings. The lowest BCUT2D eigenvalue weighted by Crippen LogP contribution is -2.08. The van der Waals surface area contributed by atoms with Crippen molar-refractivity contribution in [3.63, 3.8) is 0 Å². The van der Waals surface area contributed by atoms with Gasteiger partial charge in [-0.3, -0.25) is 4.98 Å². The van der Waals surface area contributed by atoms with E-state index in [2.05, 4.69) is 30.2 Å². The second-order valence-electron chi connectivity index (χ2n) is 5.81. The third kappa shape index (κ3) is 2.75. The van der Waals surface area contributed by atoms with Crippen molar-refractivity contribution in [1.82, 2.24) is 15.0 Å². The Morgan fingerprint density at radius 1 is 1.05 bits per heavy atom. The number of pyridine rings is 1. The molecule has 0 unspecified atom stereocenters. The van der Waals surface area contributed by atoms with E-state index in [1.165, 1.54) is 36.1 Å². The number of fused-ring (bicyclic) bond motifs is 1. The van der Waals surface area contributed by atoms with Crippen molar-refractivity contribution in [2.75, 3.05) is 12.4 Å². The van der Waals surface area contributed by atoms with E-state index in [0.29, 0.717) is 0 Å². The van der Waals surface area contributed by atoms with Gasteiger partial charge in [-0.25, -0.2) is 9.97 Å². The smallest absolute Gasteiger partial charge is 0.180 e. The van der Waals surface area contributed by atoms with Crippen LogP contribution in [0.3, 0.4) is 0 Å². The molecule has 1 aliphatic rings. The van der Waals surface area contributed by atoms with Gasteiger partial charge in [0.05, 0.1) is 0 Å². The van der Waals surface area contributed by atoms with Gasteiger partial charge in [-0.1, -0.05) is 12.5 Å². The first-order valence-electron chi connectivity index (χ1n) is 7.70. The lowest BCUT2D eigenvalue weighted by Gasteiger charge is -2.13. The minimum Gasteiger partial charge on any atom is -0.373 e. The molecule has 0 amide bonds. The molecule has 2 aromatic heterocycles. The molecule has 0 radical (unpaired) electrons. The van der Waals surface area contributed by atoms with E-state index in [1.54, 1.807) is 0 Å². The van der Waals surface area contributed by atoms with E-state index >= 15 is 0 Å². The Morgan fingerprint density at radius 3 is 2.62 bits per heavy atom. The number of aromatic nitrogens is 3. The zero-order chi connectivity index (χ0) is 14.8. The maximum atomic E-state index is 4.83. The fourth-order valence-electron chi connectivity index (χ4n) is 3.03. The van der Waals surface area contributed by atoms with Crippen LogP contribution in [0.25, 0.3) is 11.5 Å². The number of aryl methyl sites for hydroxylation is 3. The van der Waals surface area contributed by atoms with Crippen LogP contribution >= 0.6 is 0 Å². The Balaban J connectivity index is 2.13. The molecule has 0 spiro atoms. The summed E-state index contributed by atoms with van der Waals surface area (Å²) >= 11 is 0. The highest BCUT2D eigenvalue weighted by Gasteiger charge is 2.18. The first-order chi connectivity index (χ1) is 10.2. The van der Waals surface area contributed by atoms with Crippen LogP contribution in [0.4, 0.5) is 5.82 Å². The van der Waals surface area contributed by atoms with Gasteiger partial charge in [0.15, 0.2) is 5.82 Å². The molecule has 4 heteroatoms. The third-order valence-electron chi connectivity index (χ3n) is 4.10. The van der Waals surface area contributed by atoms with Gasteiger partial charge in [-0.05, 0) is 50.7 Å². The average Bonchev–Trinajstić information content (AvgIpc) is 2.71. The van der Waals surface area contributed by atoms with Gasteiger partial charge >= 0.3 is 0 Å². The highest BCUT2D eigenvalue weighted by atomic mass is 15.0. The summed E-state index contributed by atoms with van der Waals surface area (Å²) in [7, 11) is 1.94. The number of rotatable bonds is 2. The molecule has 0 aromatic carbocycles. The molecule has 3 rings (SSSR count). The van der Waals surface area contributed by atoms with E-state index < -0.39 is 0 Å². The summed E-state index contributed by atoms with van der Waals surface area (Å²) in [6.45, 7) is 4.13. The number of nitrogens with one attached hydrogen (secondary N) is 1. The second kappa shape index (κ2) is 5.80. The molecular formula is C17H22N4. The molecule has 4 nitrogen and oxygen atoms in total. The summed E-state index contributed by atoms with van der Waals surface area (Å²) < 4.78 is 0. The predicted molar refractivity (Wildman–Crippen MR) is 85.5 cm³/mol. The Hall–Kier alpha value is -1.97. The number of nitrogens with zero attached hydrogens (tertiary/aromatic N) is 3. The Labute approximate surface area is 126 Å². The SMILES string of the molecule is CNc1nc(-c2ncc(C)cc2C)nc2c1CCCCC2. The monoisotopic (exact) mass is 282 g/mol. The average molecular weight is 282 g/mol. The van der Waals surface area contributed by atoms with E-state index in [1.807, 2.05) is 13.2 Å². The van der Waals surface area contributed by atoms with Crippen molar-refractivity contribution in [1.29, 1.82) is 0 Å². The highest BCUT2D eigenvalue weighted by molar-refractivity contribution is 5.60. The zero-order valence-corrected chi connectivity index (χ0v) is 13.0. The predicted octanol–water partition coefficient (Wildman–Crippen LogP) is 3.47.